The topological polar surface area (TPSA) is 145 Å². The Balaban J connectivity index is 1.65. The van der Waals surface area contributed by atoms with Gasteiger partial charge in [-0.3, -0.25) is 14.2 Å². The first-order chi connectivity index (χ1) is 16.3. The van der Waals surface area contributed by atoms with Crippen LogP contribution in [0.4, 0.5) is 5.69 Å². The average molecular weight is 482 g/mol. The molecule has 1 aromatic heterocycles. The summed E-state index contributed by atoms with van der Waals surface area (Å²) >= 11 is 0. The Labute approximate surface area is 194 Å². The van der Waals surface area contributed by atoms with E-state index in [0.29, 0.717) is 29.1 Å². The number of amides is 1. The molecule has 2 aromatic carbocycles. The van der Waals surface area contributed by atoms with E-state index >= 15 is 0 Å². The third-order valence-corrected chi connectivity index (χ3v) is 7.84. The largest absolute Gasteiger partial charge is 0.506 e. The molecule has 1 aliphatic heterocycles. The van der Waals surface area contributed by atoms with Gasteiger partial charge in [-0.2, -0.15) is 4.76 Å². The maximum absolute atomic E-state index is 13.7. The van der Waals surface area contributed by atoms with Crippen LogP contribution in [0.1, 0.15) is 18.4 Å². The van der Waals surface area contributed by atoms with Gasteiger partial charge in [0.2, 0.25) is 0 Å². The van der Waals surface area contributed by atoms with Gasteiger partial charge in [0.15, 0.2) is 12.4 Å². The fourth-order valence-corrected chi connectivity index (χ4v) is 5.55. The average Bonchev–Trinajstić information content (AvgIpc) is 3.65. The molecular formula is C23H23N4O6P. The highest BCUT2D eigenvalue weighted by Crippen LogP contribution is 2.52. The summed E-state index contributed by atoms with van der Waals surface area (Å²) in [5.74, 6) is -0.270. The van der Waals surface area contributed by atoms with Crippen molar-refractivity contribution < 1.29 is 23.7 Å². The quantitative estimate of drug-likeness (QED) is 0.438. The monoisotopic (exact) mass is 482 g/mol. The molecule has 3 aromatic rings. The maximum Gasteiger partial charge on any atom is 0.348 e. The van der Waals surface area contributed by atoms with Crippen molar-refractivity contribution in [2.45, 2.75) is 19.4 Å². The lowest BCUT2D eigenvalue weighted by Gasteiger charge is -2.25. The zero-order chi connectivity index (χ0) is 24.0. The van der Waals surface area contributed by atoms with Gasteiger partial charge in [0, 0.05) is 19.0 Å². The van der Waals surface area contributed by atoms with Crippen LogP contribution in [-0.2, 0) is 20.4 Å². The molecule has 1 fully saturated rings. The third kappa shape index (κ3) is 3.85. The van der Waals surface area contributed by atoms with Crippen LogP contribution in [0.5, 0.6) is 11.5 Å². The minimum absolute atomic E-state index is 0.0405. The molecule has 0 saturated heterocycles. The second kappa shape index (κ2) is 8.30. The Hall–Kier alpha value is -3.62. The van der Waals surface area contributed by atoms with Gasteiger partial charge in [-0.15, -0.1) is 0 Å². The lowest BCUT2D eigenvalue weighted by Crippen LogP contribution is -2.33. The lowest BCUT2D eigenvalue weighted by molar-refractivity contribution is -0.119. The summed E-state index contributed by atoms with van der Waals surface area (Å²) in [6, 6.07) is 11.7. The molecule has 10 nitrogen and oxygen atoms in total. The number of pyridine rings is 1. The number of nitrogens with one attached hydrogen (secondary N) is 1. The number of rotatable bonds is 7. The number of carbonyl (C=O) groups excluding carboxylic acids is 1. The number of nitrogens with two attached hydrogens (primary N) is 1. The van der Waals surface area contributed by atoms with Crippen LogP contribution in [-0.4, -0.2) is 35.1 Å². The molecule has 2 aliphatic rings. The van der Waals surface area contributed by atoms with E-state index < -0.39 is 19.0 Å². The second-order valence-electron chi connectivity index (χ2n) is 8.31. The number of carbonyl (C=O) groups is 1. The minimum atomic E-state index is -3.84. The minimum Gasteiger partial charge on any atom is -0.506 e. The Morgan fingerprint density at radius 1 is 1.29 bits per heavy atom. The van der Waals surface area contributed by atoms with Crippen LogP contribution in [0.25, 0.3) is 10.9 Å². The molecular weight excluding hydrogens is 459 g/mol. The highest BCUT2D eigenvalue weighted by molar-refractivity contribution is 7.66. The molecule has 0 bridgehead atoms. The van der Waals surface area contributed by atoms with Gasteiger partial charge in [-0.05, 0) is 49.1 Å². The smallest absolute Gasteiger partial charge is 0.348 e. The van der Waals surface area contributed by atoms with E-state index in [9.17, 15) is 19.3 Å². The summed E-state index contributed by atoms with van der Waals surface area (Å²) < 4.78 is 30.2. The molecule has 1 saturated carbocycles. The molecule has 1 unspecified atom stereocenters. The Bertz CT molecular complexity index is 1460. The first kappa shape index (κ1) is 22.2. The van der Waals surface area contributed by atoms with Gasteiger partial charge in [-0.25, -0.2) is 0 Å². The van der Waals surface area contributed by atoms with Crippen LogP contribution >= 0.6 is 7.52 Å². The van der Waals surface area contributed by atoms with Crippen molar-refractivity contribution in [1.82, 2.24) is 4.57 Å². The van der Waals surface area contributed by atoms with Crippen LogP contribution in [0.3, 0.4) is 0 Å². The van der Waals surface area contributed by atoms with Gasteiger partial charge >= 0.3 is 7.52 Å². The molecule has 176 valence electrons. The molecule has 0 spiro atoms. The molecule has 0 radical (unpaired) electrons. The third-order valence-electron chi connectivity index (χ3n) is 5.91. The van der Waals surface area contributed by atoms with Crippen molar-refractivity contribution in [3.05, 3.63) is 58.4 Å². The van der Waals surface area contributed by atoms with Crippen LogP contribution in [0.2, 0.25) is 0 Å². The molecule has 4 N–H and O–H groups in total. The van der Waals surface area contributed by atoms with Crippen molar-refractivity contribution in [3.8, 4) is 11.5 Å². The fraction of sp³-hybridized carbons (Fsp3) is 0.261. The van der Waals surface area contributed by atoms with Crippen LogP contribution in [0.15, 0.2) is 52.0 Å². The van der Waals surface area contributed by atoms with E-state index in [2.05, 4.69) is 10.1 Å². The van der Waals surface area contributed by atoms with Crippen LogP contribution < -0.4 is 26.7 Å². The highest BCUT2D eigenvalue weighted by Gasteiger charge is 2.36. The van der Waals surface area contributed by atoms with Crippen molar-refractivity contribution in [2.24, 2.45) is 16.4 Å². The van der Waals surface area contributed by atoms with Gasteiger partial charge in [0.25, 0.3) is 11.5 Å². The van der Waals surface area contributed by atoms with E-state index in [4.69, 9.17) is 15.0 Å². The van der Waals surface area contributed by atoms with Crippen molar-refractivity contribution in [3.63, 3.8) is 0 Å². The van der Waals surface area contributed by atoms with Crippen molar-refractivity contribution >= 4 is 41.2 Å². The zero-order valence-electron chi connectivity index (χ0n) is 18.4. The fourth-order valence-electron chi connectivity index (χ4n) is 4.03. The van der Waals surface area contributed by atoms with E-state index in [1.165, 1.54) is 13.2 Å². The number of amidine groups is 1. The SMILES string of the molecule is COP1(=O)N=C(c2c(O)c3ccccc3n(CC3CC3)c2=O)Nc2ccc(OCC(N)=O)cc21. The lowest BCUT2D eigenvalue weighted by atomic mass is 10.1. The number of hydrogen-bond acceptors (Lipinski definition) is 7. The number of benzene rings is 2. The molecule has 1 aliphatic carbocycles. The van der Waals surface area contributed by atoms with Crippen molar-refractivity contribution in [2.75, 3.05) is 19.0 Å². The number of hydrogen-bond donors (Lipinski definition) is 3. The highest BCUT2D eigenvalue weighted by atomic mass is 31.2. The summed E-state index contributed by atoms with van der Waals surface area (Å²) in [4.78, 5) is 24.6. The predicted molar refractivity (Wildman–Crippen MR) is 128 cm³/mol. The molecule has 2 heterocycles. The van der Waals surface area contributed by atoms with E-state index in [0.717, 1.165) is 12.8 Å². The number of aromatic nitrogens is 1. The normalized spacial score (nSPS) is 19.3. The molecule has 11 heteroatoms. The first-order valence-electron chi connectivity index (χ1n) is 10.7. The van der Waals surface area contributed by atoms with E-state index in [1.807, 2.05) is 6.07 Å². The zero-order valence-corrected chi connectivity index (χ0v) is 19.2. The van der Waals surface area contributed by atoms with Crippen LogP contribution in [0, 0.1) is 5.92 Å². The van der Waals surface area contributed by atoms with Gasteiger partial charge < -0.3 is 30.0 Å². The van der Waals surface area contributed by atoms with Gasteiger partial charge in [0.05, 0.1) is 16.5 Å². The van der Waals surface area contributed by atoms with E-state index in [-0.39, 0.29) is 34.8 Å². The van der Waals surface area contributed by atoms with Gasteiger partial charge in [-0.1, -0.05) is 12.1 Å². The molecule has 34 heavy (non-hydrogen) atoms. The summed E-state index contributed by atoms with van der Waals surface area (Å²) in [5, 5.41) is 14.8. The maximum atomic E-state index is 13.7. The van der Waals surface area contributed by atoms with Gasteiger partial charge in [0.1, 0.15) is 17.1 Å². The Morgan fingerprint density at radius 3 is 2.76 bits per heavy atom. The predicted octanol–water partition coefficient (Wildman–Crippen LogP) is 2.32. The molecule has 1 amide bonds. The summed E-state index contributed by atoms with van der Waals surface area (Å²) in [6.07, 6.45) is 2.09. The number of fused-ring (bicyclic) bond motifs is 2. The number of para-hydroxylation sites is 1. The molecule has 1 atom stereocenters. The second-order valence-corrected chi connectivity index (χ2v) is 10.4. The number of primary amides is 1. The Morgan fingerprint density at radius 2 is 2.06 bits per heavy atom. The summed E-state index contributed by atoms with van der Waals surface area (Å²) in [5.41, 5.74) is 5.63. The number of nitrogens with zero attached hydrogens (tertiary/aromatic N) is 2. The Kier molecular flexibility index (Phi) is 5.42. The number of ether oxygens (including phenoxy) is 1. The number of aromatic hydroxyl groups is 1. The first-order valence-corrected chi connectivity index (χ1v) is 12.3. The summed E-state index contributed by atoms with van der Waals surface area (Å²) in [6.45, 7) is 0.183. The molecule has 5 rings (SSSR count). The van der Waals surface area contributed by atoms with E-state index in [1.54, 1.807) is 34.9 Å². The number of anilines is 1. The summed E-state index contributed by atoms with van der Waals surface area (Å²) in [7, 11) is -2.59. The van der Waals surface area contributed by atoms with Crippen molar-refractivity contribution in [1.29, 1.82) is 0 Å². The standard InChI is InChI=1S/C23H23N4O6P/c1-32-34(31)18-10-14(33-12-19(24)28)8-9-16(18)25-22(26-34)20-21(29)15-4-2-3-5-17(15)27(23(20)30)11-13-6-7-13/h2-5,8-10,13,29H,6-7,11-12H2,1H3,(H2,24,28)(H,25,26,31).